The van der Waals surface area contributed by atoms with Gasteiger partial charge in [0.05, 0.1) is 16.1 Å². The van der Waals surface area contributed by atoms with Gasteiger partial charge in [-0.3, -0.25) is 4.79 Å². The monoisotopic (exact) mass is 491 g/mol. The van der Waals surface area contributed by atoms with Gasteiger partial charge in [0, 0.05) is 17.1 Å². The van der Waals surface area contributed by atoms with Crippen LogP contribution in [0, 0.1) is 11.6 Å². The lowest BCUT2D eigenvalue weighted by Crippen LogP contribution is -1.99. The third-order valence-corrected chi connectivity index (χ3v) is 5.51. The Bertz CT molecular complexity index is 1550. The molecule has 6 nitrogen and oxygen atoms in total. The summed E-state index contributed by atoms with van der Waals surface area (Å²) in [6.07, 6.45) is 1.87. The molecule has 0 aliphatic heterocycles. The smallest absolute Gasteiger partial charge is 0.185 e. The van der Waals surface area contributed by atoms with E-state index in [4.69, 9.17) is 20.8 Å². The van der Waals surface area contributed by atoms with Gasteiger partial charge < -0.3 is 14.5 Å². The number of benzene rings is 3. The fraction of sp³-hybridized carbons (Fsp3) is 0.0385. The summed E-state index contributed by atoms with van der Waals surface area (Å²) in [5.74, 6) is 0.274. The third kappa shape index (κ3) is 4.83. The molecule has 35 heavy (non-hydrogen) atoms. The molecule has 0 amide bonds. The maximum Gasteiger partial charge on any atom is 0.185 e. The van der Waals surface area contributed by atoms with Crippen LogP contribution in [0.4, 0.5) is 20.3 Å². The Balaban J connectivity index is 1.41. The van der Waals surface area contributed by atoms with Crippen LogP contribution < -0.4 is 10.1 Å². The molecule has 2 heterocycles. The second-order valence-electron chi connectivity index (χ2n) is 7.58. The Morgan fingerprint density at radius 3 is 2.69 bits per heavy atom. The molecule has 5 rings (SSSR count). The molecule has 0 bridgehead atoms. The zero-order valence-electron chi connectivity index (χ0n) is 18.0. The molecule has 0 aliphatic carbocycles. The number of ether oxygens (including phenoxy) is 1. The van der Waals surface area contributed by atoms with Crippen LogP contribution in [0.3, 0.4) is 0 Å². The van der Waals surface area contributed by atoms with Gasteiger partial charge in [-0.15, -0.1) is 0 Å². The lowest BCUT2D eigenvalue weighted by molar-refractivity contribution is 0.110. The summed E-state index contributed by atoms with van der Waals surface area (Å²) in [6, 6.07) is 17.0. The number of nitrogens with zero attached hydrogens (tertiary/aromatic N) is 2. The number of carbonyl (C=O) groups is 1. The fourth-order valence-electron chi connectivity index (χ4n) is 3.55. The highest BCUT2D eigenvalue weighted by molar-refractivity contribution is 6.32. The van der Waals surface area contributed by atoms with Crippen molar-refractivity contribution in [3.05, 3.63) is 101 Å². The highest BCUT2D eigenvalue weighted by Gasteiger charge is 2.15. The second kappa shape index (κ2) is 9.52. The van der Waals surface area contributed by atoms with E-state index in [0.29, 0.717) is 45.0 Å². The van der Waals surface area contributed by atoms with Crippen molar-refractivity contribution in [1.82, 2.24) is 9.97 Å². The van der Waals surface area contributed by atoms with E-state index in [0.717, 1.165) is 0 Å². The molecule has 0 aliphatic rings. The summed E-state index contributed by atoms with van der Waals surface area (Å²) in [5, 5.41) is 4.04. The van der Waals surface area contributed by atoms with Crippen LogP contribution >= 0.6 is 11.6 Å². The van der Waals surface area contributed by atoms with Gasteiger partial charge >= 0.3 is 0 Å². The number of aldehydes is 1. The number of hydrogen-bond acceptors (Lipinski definition) is 6. The van der Waals surface area contributed by atoms with Crippen molar-refractivity contribution in [3.63, 3.8) is 0 Å². The zero-order valence-corrected chi connectivity index (χ0v) is 18.7. The predicted molar refractivity (Wildman–Crippen MR) is 128 cm³/mol. The lowest BCUT2D eigenvalue weighted by Gasteiger charge is -2.12. The van der Waals surface area contributed by atoms with E-state index in [1.807, 2.05) is 0 Å². The normalized spacial score (nSPS) is 10.9. The molecule has 174 valence electrons. The van der Waals surface area contributed by atoms with Gasteiger partial charge in [0.25, 0.3) is 0 Å². The van der Waals surface area contributed by atoms with Crippen LogP contribution in [-0.2, 0) is 6.61 Å². The Kier molecular flexibility index (Phi) is 6.12. The van der Waals surface area contributed by atoms with Crippen molar-refractivity contribution in [1.29, 1.82) is 0 Å². The fourth-order valence-corrected chi connectivity index (χ4v) is 3.78. The van der Waals surface area contributed by atoms with Crippen LogP contribution in [0.2, 0.25) is 5.02 Å². The van der Waals surface area contributed by atoms with Crippen LogP contribution in [0.5, 0.6) is 5.75 Å². The number of aromatic nitrogens is 2. The molecular formula is C26H16ClF2N3O3. The molecule has 0 fully saturated rings. The van der Waals surface area contributed by atoms with Gasteiger partial charge in [-0.05, 0) is 54.1 Å². The first-order chi connectivity index (χ1) is 17.0. The van der Waals surface area contributed by atoms with Crippen molar-refractivity contribution in [3.8, 4) is 17.1 Å². The minimum absolute atomic E-state index is 0.0940. The molecule has 5 aromatic rings. The molecule has 3 aromatic carbocycles. The van der Waals surface area contributed by atoms with Crippen molar-refractivity contribution < 1.29 is 22.7 Å². The molecule has 0 radical (unpaired) electrons. The lowest BCUT2D eigenvalue weighted by atomic mass is 10.1. The van der Waals surface area contributed by atoms with Crippen LogP contribution in [0.25, 0.3) is 22.2 Å². The number of carbonyl (C=O) groups excluding carboxylic acids is 1. The quantitative estimate of drug-likeness (QED) is 0.248. The molecule has 9 heteroatoms. The first kappa shape index (κ1) is 22.5. The summed E-state index contributed by atoms with van der Waals surface area (Å²) >= 11 is 6.39. The van der Waals surface area contributed by atoms with Crippen molar-refractivity contribution in [2.24, 2.45) is 0 Å². The summed E-state index contributed by atoms with van der Waals surface area (Å²) in [7, 11) is 0. The van der Waals surface area contributed by atoms with Crippen LogP contribution in [0.1, 0.15) is 16.1 Å². The van der Waals surface area contributed by atoms with E-state index in [9.17, 15) is 13.6 Å². The minimum Gasteiger partial charge on any atom is -0.487 e. The second-order valence-corrected chi connectivity index (χ2v) is 7.99. The number of nitrogens with one attached hydrogen (secondary N) is 1. The number of furan rings is 1. The number of fused-ring (bicyclic) bond motifs is 1. The Morgan fingerprint density at radius 1 is 1.03 bits per heavy atom. The standard InChI is InChI=1S/C26H16ClF2N3O3/c27-21-9-17(4-6-25(21)34-13-15-2-1-3-16(28)8-15)32-26-20-10-19(24-7-5-18(12-33)35-24)22(29)11-23(20)30-14-31-26/h1-12,14H,13H2,(H,30,31,32). The third-order valence-electron chi connectivity index (χ3n) is 5.21. The van der Waals surface area contributed by atoms with Gasteiger partial charge in [-0.1, -0.05) is 23.7 Å². The minimum atomic E-state index is -0.545. The molecular weight excluding hydrogens is 476 g/mol. The Hall–Kier alpha value is -4.30. The number of halogens is 3. The van der Waals surface area contributed by atoms with E-state index < -0.39 is 5.82 Å². The summed E-state index contributed by atoms with van der Waals surface area (Å²) in [6.45, 7) is 0.160. The number of anilines is 2. The van der Waals surface area contributed by atoms with Crippen molar-refractivity contribution in [2.75, 3.05) is 5.32 Å². The zero-order chi connectivity index (χ0) is 24.4. The Labute approximate surface area is 203 Å². The highest BCUT2D eigenvalue weighted by atomic mass is 35.5. The van der Waals surface area contributed by atoms with Gasteiger partial charge in [0.15, 0.2) is 12.0 Å². The average Bonchev–Trinajstić information content (AvgIpc) is 3.32. The average molecular weight is 492 g/mol. The highest BCUT2D eigenvalue weighted by Crippen LogP contribution is 2.34. The maximum absolute atomic E-state index is 14.7. The van der Waals surface area contributed by atoms with Crippen LogP contribution in [0.15, 0.2) is 77.5 Å². The summed E-state index contributed by atoms with van der Waals surface area (Å²) in [4.78, 5) is 19.4. The molecule has 0 saturated heterocycles. The summed E-state index contributed by atoms with van der Waals surface area (Å²) < 4.78 is 39.2. The number of hydrogen-bond donors (Lipinski definition) is 1. The molecule has 0 saturated carbocycles. The van der Waals surface area contributed by atoms with E-state index in [-0.39, 0.29) is 29.5 Å². The van der Waals surface area contributed by atoms with Gasteiger partial charge in [0.2, 0.25) is 0 Å². The first-order valence-corrected chi connectivity index (χ1v) is 10.8. The first-order valence-electron chi connectivity index (χ1n) is 10.4. The van der Waals surface area contributed by atoms with E-state index in [2.05, 4.69) is 15.3 Å². The summed E-state index contributed by atoms with van der Waals surface area (Å²) in [5.41, 5.74) is 1.84. The molecule has 1 N–H and O–H groups in total. The van der Waals surface area contributed by atoms with Gasteiger partial charge in [-0.25, -0.2) is 18.7 Å². The Morgan fingerprint density at radius 2 is 1.91 bits per heavy atom. The van der Waals surface area contributed by atoms with Crippen molar-refractivity contribution in [2.45, 2.75) is 6.61 Å². The van der Waals surface area contributed by atoms with Gasteiger partial charge in [-0.2, -0.15) is 0 Å². The van der Waals surface area contributed by atoms with E-state index >= 15 is 0 Å². The predicted octanol–water partition coefficient (Wildman–Crippen LogP) is 6.96. The molecule has 2 aromatic heterocycles. The molecule has 0 spiro atoms. The van der Waals surface area contributed by atoms with Crippen molar-refractivity contribution >= 4 is 40.3 Å². The topological polar surface area (TPSA) is 77.2 Å². The van der Waals surface area contributed by atoms with E-state index in [1.165, 1.54) is 36.7 Å². The largest absolute Gasteiger partial charge is 0.487 e. The number of rotatable bonds is 7. The van der Waals surface area contributed by atoms with Gasteiger partial charge in [0.1, 0.15) is 41.9 Å². The van der Waals surface area contributed by atoms with Crippen LogP contribution in [-0.4, -0.2) is 16.3 Å². The van der Waals surface area contributed by atoms with E-state index in [1.54, 1.807) is 36.4 Å². The maximum atomic E-state index is 14.7. The SMILES string of the molecule is O=Cc1ccc(-c2cc3c(Nc4ccc(OCc5cccc(F)c5)c(Cl)c4)ncnc3cc2F)o1. The molecule has 0 atom stereocenters. The molecule has 0 unspecified atom stereocenters.